The van der Waals surface area contributed by atoms with Gasteiger partial charge in [0, 0.05) is 41.2 Å². The van der Waals surface area contributed by atoms with Crippen LogP contribution in [-0.2, 0) is 16.9 Å². The predicted molar refractivity (Wildman–Crippen MR) is 118 cm³/mol. The van der Waals surface area contributed by atoms with Gasteiger partial charge in [0.2, 0.25) is 0 Å². The first-order valence-corrected chi connectivity index (χ1v) is 12.5. The van der Waals surface area contributed by atoms with E-state index in [1.165, 1.54) is 11.3 Å². The number of aromatic nitrogens is 2. The van der Waals surface area contributed by atoms with Gasteiger partial charge in [-0.1, -0.05) is 11.6 Å². The third kappa shape index (κ3) is 4.14. The number of halogens is 2. The smallest absolute Gasteiger partial charge is 0.253 e. The van der Waals surface area contributed by atoms with E-state index in [1.54, 1.807) is 29.4 Å². The number of thiophene rings is 1. The molecular formula is C19H17BrClN3O3S2. The van der Waals surface area contributed by atoms with Gasteiger partial charge in [0.05, 0.1) is 27.7 Å². The summed E-state index contributed by atoms with van der Waals surface area (Å²) < 4.78 is 28.1. The zero-order valence-corrected chi connectivity index (χ0v) is 19.4. The van der Waals surface area contributed by atoms with Gasteiger partial charge in [0.25, 0.3) is 5.91 Å². The van der Waals surface area contributed by atoms with E-state index < -0.39 is 15.1 Å². The van der Waals surface area contributed by atoms with Crippen LogP contribution in [0.1, 0.15) is 20.5 Å². The lowest BCUT2D eigenvalue weighted by molar-refractivity contribution is 0.0758. The van der Waals surface area contributed by atoms with Crippen molar-refractivity contribution < 1.29 is 13.2 Å². The zero-order chi connectivity index (χ0) is 20.8. The van der Waals surface area contributed by atoms with Gasteiger partial charge in [0.15, 0.2) is 9.84 Å². The number of rotatable bonds is 3. The second-order valence-corrected chi connectivity index (χ2v) is 11.5. The Hall–Kier alpha value is -1.68. The summed E-state index contributed by atoms with van der Waals surface area (Å²) in [7, 11) is -1.46. The van der Waals surface area contributed by atoms with Gasteiger partial charge in [-0.05, 0) is 46.3 Å². The van der Waals surface area contributed by atoms with Crippen molar-refractivity contribution in [3.63, 3.8) is 0 Å². The summed E-state index contributed by atoms with van der Waals surface area (Å²) in [5, 5.41) is -0.302. The number of hydrogen-bond acceptors (Lipinski definition) is 5. The minimum Gasteiger partial charge on any atom is -0.340 e. The molecule has 1 atom stereocenters. The maximum Gasteiger partial charge on any atom is 0.253 e. The summed E-state index contributed by atoms with van der Waals surface area (Å²) >= 11 is 10.8. The molecule has 0 spiro atoms. The first-order chi connectivity index (χ1) is 13.7. The Kier molecular flexibility index (Phi) is 5.58. The summed E-state index contributed by atoms with van der Waals surface area (Å²) in [4.78, 5) is 20.5. The summed E-state index contributed by atoms with van der Waals surface area (Å²) in [5.41, 5.74) is 1.24. The molecule has 1 saturated heterocycles. The number of sulfone groups is 1. The van der Waals surface area contributed by atoms with E-state index in [0.717, 1.165) is 15.4 Å². The molecule has 3 heterocycles. The number of hydrogen-bond donors (Lipinski definition) is 0. The molecule has 1 amide bonds. The highest BCUT2D eigenvalue weighted by Gasteiger charge is 2.37. The minimum absolute atomic E-state index is 0.0650. The SMILES string of the molecule is Cn1cnc(-c2ccc([C@H]3CN(C(=O)c4ccc(Br)c(Cl)c4)CCS3(=O)=O)s2)c1. The quantitative estimate of drug-likeness (QED) is 0.526. The van der Waals surface area contributed by atoms with Crippen molar-refractivity contribution in [1.82, 2.24) is 14.5 Å². The number of imidazole rings is 1. The van der Waals surface area contributed by atoms with Crippen LogP contribution < -0.4 is 0 Å². The highest BCUT2D eigenvalue weighted by Crippen LogP contribution is 2.37. The topological polar surface area (TPSA) is 72.3 Å². The summed E-state index contributed by atoms with van der Waals surface area (Å²) in [5.74, 6) is -0.286. The molecule has 0 unspecified atom stereocenters. The lowest BCUT2D eigenvalue weighted by Crippen LogP contribution is -2.45. The first kappa shape index (κ1) is 20.6. The molecule has 0 saturated carbocycles. The van der Waals surface area contributed by atoms with Gasteiger partial charge in [-0.25, -0.2) is 13.4 Å². The Bertz CT molecular complexity index is 1190. The van der Waals surface area contributed by atoms with E-state index in [0.29, 0.717) is 15.1 Å². The Balaban J connectivity index is 1.60. The van der Waals surface area contributed by atoms with Crippen molar-refractivity contribution in [2.45, 2.75) is 5.25 Å². The molecule has 0 aliphatic carbocycles. The molecule has 0 radical (unpaired) electrons. The molecule has 1 fully saturated rings. The zero-order valence-electron chi connectivity index (χ0n) is 15.4. The third-order valence-electron chi connectivity index (χ3n) is 4.82. The highest BCUT2D eigenvalue weighted by atomic mass is 79.9. The van der Waals surface area contributed by atoms with Crippen LogP contribution in [0.4, 0.5) is 0 Å². The average molecular weight is 515 g/mol. The summed E-state index contributed by atoms with van der Waals surface area (Å²) in [6.07, 6.45) is 3.59. The van der Waals surface area contributed by atoms with Gasteiger partial charge in [-0.2, -0.15) is 0 Å². The number of nitrogens with zero attached hydrogens (tertiary/aromatic N) is 3. The van der Waals surface area contributed by atoms with Crippen LogP contribution in [0.15, 0.2) is 47.3 Å². The molecule has 152 valence electrons. The fourth-order valence-electron chi connectivity index (χ4n) is 3.25. The van der Waals surface area contributed by atoms with Crippen molar-refractivity contribution in [3.8, 4) is 10.6 Å². The number of carbonyl (C=O) groups is 1. The maximum absolute atomic E-state index is 12.9. The van der Waals surface area contributed by atoms with Gasteiger partial charge in [0.1, 0.15) is 5.25 Å². The van der Waals surface area contributed by atoms with Crippen molar-refractivity contribution in [2.75, 3.05) is 18.8 Å². The Morgan fingerprint density at radius 2 is 2.10 bits per heavy atom. The van der Waals surface area contributed by atoms with Crippen LogP contribution in [-0.4, -0.2) is 47.6 Å². The van der Waals surface area contributed by atoms with Crippen LogP contribution >= 0.6 is 38.9 Å². The number of carbonyl (C=O) groups excluding carboxylic acids is 1. The summed E-state index contributed by atoms with van der Waals surface area (Å²) in [6.45, 7) is 0.293. The lowest BCUT2D eigenvalue weighted by atomic mass is 10.2. The molecule has 0 N–H and O–H groups in total. The Labute approximate surface area is 186 Å². The molecule has 6 nitrogen and oxygen atoms in total. The molecule has 29 heavy (non-hydrogen) atoms. The fourth-order valence-corrected chi connectivity index (χ4v) is 6.80. The lowest BCUT2D eigenvalue weighted by Gasteiger charge is -2.32. The van der Waals surface area contributed by atoms with Crippen molar-refractivity contribution in [1.29, 1.82) is 0 Å². The van der Waals surface area contributed by atoms with Crippen molar-refractivity contribution in [3.05, 3.63) is 62.8 Å². The number of aryl methyl sites for hydroxylation is 1. The van der Waals surface area contributed by atoms with Crippen molar-refractivity contribution >= 4 is 54.6 Å². The second-order valence-electron chi connectivity index (χ2n) is 6.86. The van der Waals surface area contributed by atoms with E-state index in [2.05, 4.69) is 20.9 Å². The highest BCUT2D eigenvalue weighted by molar-refractivity contribution is 9.10. The standard InChI is InChI=1S/C19H17BrClN3O3S2/c1-23-9-15(22-11-23)16-4-5-17(28-16)18-10-24(6-7-29(18,26)27)19(25)12-2-3-13(20)14(21)8-12/h2-5,8-9,11,18H,6-7,10H2,1H3/t18-/m1/s1. The summed E-state index contributed by atoms with van der Waals surface area (Å²) in [6, 6.07) is 8.69. The third-order valence-corrected chi connectivity index (χ3v) is 9.45. The van der Waals surface area contributed by atoms with E-state index in [1.807, 2.05) is 29.9 Å². The molecular weight excluding hydrogens is 498 g/mol. The molecule has 3 aromatic rings. The van der Waals surface area contributed by atoms with E-state index in [4.69, 9.17) is 11.6 Å². The first-order valence-electron chi connectivity index (χ1n) is 8.78. The molecule has 4 rings (SSSR count). The Morgan fingerprint density at radius 1 is 1.31 bits per heavy atom. The predicted octanol–water partition coefficient (Wildman–Crippen LogP) is 4.18. The normalized spacial score (nSPS) is 18.7. The van der Waals surface area contributed by atoms with Crippen LogP contribution in [0.2, 0.25) is 5.02 Å². The van der Waals surface area contributed by atoms with Gasteiger partial charge >= 0.3 is 0 Å². The van der Waals surface area contributed by atoms with Gasteiger partial charge < -0.3 is 9.47 Å². The fraction of sp³-hybridized carbons (Fsp3) is 0.263. The van der Waals surface area contributed by atoms with Crippen molar-refractivity contribution in [2.24, 2.45) is 7.05 Å². The number of amides is 1. The second kappa shape index (κ2) is 7.86. The monoisotopic (exact) mass is 513 g/mol. The van der Waals surface area contributed by atoms with E-state index in [-0.39, 0.29) is 24.7 Å². The van der Waals surface area contributed by atoms with Crippen LogP contribution in [0.3, 0.4) is 0 Å². The Morgan fingerprint density at radius 3 is 2.79 bits per heavy atom. The molecule has 1 aromatic carbocycles. The number of benzene rings is 1. The average Bonchev–Trinajstić information content (AvgIpc) is 3.32. The van der Waals surface area contributed by atoms with Crippen LogP contribution in [0.25, 0.3) is 10.6 Å². The molecule has 10 heteroatoms. The maximum atomic E-state index is 12.9. The van der Waals surface area contributed by atoms with E-state index >= 15 is 0 Å². The molecule has 1 aliphatic rings. The van der Waals surface area contributed by atoms with Gasteiger partial charge in [-0.3, -0.25) is 4.79 Å². The van der Waals surface area contributed by atoms with Crippen LogP contribution in [0, 0.1) is 0 Å². The minimum atomic E-state index is -3.35. The largest absolute Gasteiger partial charge is 0.340 e. The molecule has 0 bridgehead atoms. The molecule has 1 aliphatic heterocycles. The van der Waals surface area contributed by atoms with E-state index in [9.17, 15) is 13.2 Å². The molecule has 2 aromatic heterocycles. The van der Waals surface area contributed by atoms with Gasteiger partial charge in [-0.15, -0.1) is 11.3 Å². The van der Waals surface area contributed by atoms with Crippen LogP contribution in [0.5, 0.6) is 0 Å².